The summed E-state index contributed by atoms with van der Waals surface area (Å²) in [4.78, 5) is 20.6. The molecule has 0 aromatic heterocycles. The molecule has 0 radical (unpaired) electrons. The quantitative estimate of drug-likeness (QED) is 0.263. The predicted molar refractivity (Wildman–Crippen MR) is 62.2 cm³/mol. The number of rotatable bonds is 9. The Balaban J connectivity index is 3.02. The van der Waals surface area contributed by atoms with E-state index in [0.717, 1.165) is 11.5 Å². The number of amides is 2. The van der Waals surface area contributed by atoms with Gasteiger partial charge in [-0.25, -0.2) is 0 Å². The van der Waals surface area contributed by atoms with Crippen molar-refractivity contribution >= 4 is 33.9 Å². The highest BCUT2D eigenvalue weighted by atomic mass is 33.1. The topological polar surface area (TPSA) is 58.2 Å². The average molecular weight is 234 g/mol. The minimum Gasteiger partial charge on any atom is -0.358 e. The van der Waals surface area contributed by atoms with E-state index in [1.807, 2.05) is 0 Å². The molecular formula is C8H14N2O2S2. The molecule has 0 fully saturated rings. The lowest BCUT2D eigenvalue weighted by molar-refractivity contribution is -0.116. The van der Waals surface area contributed by atoms with Gasteiger partial charge in [-0.1, -0.05) is 28.2 Å². The lowest BCUT2D eigenvalue weighted by atomic mass is 10.6. The van der Waals surface area contributed by atoms with Crippen LogP contribution in [0.3, 0.4) is 0 Å². The highest BCUT2D eigenvalue weighted by Crippen LogP contribution is 2.18. The average Bonchev–Trinajstić information content (AvgIpc) is 2.21. The molecule has 0 rings (SSSR count). The molecule has 0 aromatic carbocycles. The standard InChI is InChI=1S/C8H14N2O2S2/c1-2-8(12)10-4-6-14-13-5-3-9-7-11/h2,7H,1,3-6H2,(H,9,11)(H,10,12). The molecule has 0 bridgehead atoms. The first-order valence-electron chi connectivity index (χ1n) is 4.13. The molecule has 2 N–H and O–H groups in total. The van der Waals surface area contributed by atoms with Gasteiger partial charge < -0.3 is 10.6 Å². The first-order valence-corrected chi connectivity index (χ1v) is 6.61. The van der Waals surface area contributed by atoms with Crippen molar-refractivity contribution < 1.29 is 9.59 Å². The molecule has 2 amide bonds. The van der Waals surface area contributed by atoms with Gasteiger partial charge in [0.15, 0.2) is 0 Å². The Labute approximate surface area is 91.7 Å². The molecule has 0 saturated heterocycles. The van der Waals surface area contributed by atoms with Crippen LogP contribution < -0.4 is 10.6 Å². The first-order chi connectivity index (χ1) is 6.81. The van der Waals surface area contributed by atoms with Gasteiger partial charge >= 0.3 is 0 Å². The number of hydrogen-bond acceptors (Lipinski definition) is 4. The van der Waals surface area contributed by atoms with Crippen LogP contribution in [-0.2, 0) is 9.59 Å². The summed E-state index contributed by atoms with van der Waals surface area (Å²) < 4.78 is 0. The van der Waals surface area contributed by atoms with Gasteiger partial charge in [0.2, 0.25) is 12.3 Å². The fourth-order valence-corrected chi connectivity index (χ4v) is 2.39. The van der Waals surface area contributed by atoms with E-state index in [2.05, 4.69) is 17.2 Å². The van der Waals surface area contributed by atoms with Gasteiger partial charge in [0.25, 0.3) is 0 Å². The molecule has 6 heteroatoms. The third-order valence-electron chi connectivity index (χ3n) is 1.17. The number of hydrogen-bond donors (Lipinski definition) is 2. The Kier molecular flexibility index (Phi) is 10.00. The second-order valence-corrected chi connectivity index (χ2v) is 4.91. The van der Waals surface area contributed by atoms with E-state index in [1.165, 1.54) is 6.08 Å². The Bertz CT molecular complexity index is 188. The maximum Gasteiger partial charge on any atom is 0.243 e. The second kappa shape index (κ2) is 10.5. The van der Waals surface area contributed by atoms with Crippen molar-refractivity contribution in [2.45, 2.75) is 0 Å². The van der Waals surface area contributed by atoms with Gasteiger partial charge in [-0.3, -0.25) is 9.59 Å². The van der Waals surface area contributed by atoms with Gasteiger partial charge in [0.05, 0.1) is 0 Å². The first kappa shape index (κ1) is 13.4. The van der Waals surface area contributed by atoms with E-state index in [1.54, 1.807) is 21.6 Å². The monoisotopic (exact) mass is 234 g/mol. The van der Waals surface area contributed by atoms with Gasteiger partial charge in [0, 0.05) is 24.6 Å². The lowest BCUT2D eigenvalue weighted by Crippen LogP contribution is -2.23. The normalized spacial score (nSPS) is 9.14. The van der Waals surface area contributed by atoms with Crippen molar-refractivity contribution in [1.29, 1.82) is 0 Å². The van der Waals surface area contributed by atoms with Crippen molar-refractivity contribution in [3.05, 3.63) is 12.7 Å². The van der Waals surface area contributed by atoms with Crippen molar-refractivity contribution in [3.8, 4) is 0 Å². The summed E-state index contributed by atoms with van der Waals surface area (Å²) in [6, 6.07) is 0. The zero-order chi connectivity index (χ0) is 10.6. The van der Waals surface area contributed by atoms with Crippen molar-refractivity contribution in [3.63, 3.8) is 0 Å². The minimum absolute atomic E-state index is 0.141. The largest absolute Gasteiger partial charge is 0.358 e. The van der Waals surface area contributed by atoms with Gasteiger partial charge in [-0.05, 0) is 6.08 Å². The molecule has 0 atom stereocenters. The van der Waals surface area contributed by atoms with Crippen molar-refractivity contribution in [2.24, 2.45) is 0 Å². The Morgan fingerprint density at radius 3 is 2.50 bits per heavy atom. The van der Waals surface area contributed by atoms with Crippen LogP contribution in [0.1, 0.15) is 0 Å². The zero-order valence-electron chi connectivity index (χ0n) is 7.82. The molecule has 4 nitrogen and oxygen atoms in total. The molecular weight excluding hydrogens is 220 g/mol. The van der Waals surface area contributed by atoms with Crippen LogP contribution in [-0.4, -0.2) is 36.9 Å². The number of carbonyl (C=O) groups excluding carboxylic acids is 2. The molecule has 0 saturated carbocycles. The number of carbonyl (C=O) groups is 2. The fraction of sp³-hybridized carbons (Fsp3) is 0.500. The summed E-state index contributed by atoms with van der Waals surface area (Å²) >= 11 is 0. The van der Waals surface area contributed by atoms with E-state index in [-0.39, 0.29) is 5.91 Å². The van der Waals surface area contributed by atoms with E-state index in [0.29, 0.717) is 19.5 Å². The second-order valence-electron chi connectivity index (χ2n) is 2.21. The van der Waals surface area contributed by atoms with Crippen LogP contribution in [0.5, 0.6) is 0 Å². The van der Waals surface area contributed by atoms with Crippen LogP contribution in [0.25, 0.3) is 0 Å². The summed E-state index contributed by atoms with van der Waals surface area (Å²) in [5.41, 5.74) is 0. The fourth-order valence-electron chi connectivity index (χ4n) is 0.565. The molecule has 0 aliphatic rings. The molecule has 0 aliphatic carbocycles. The van der Waals surface area contributed by atoms with E-state index in [4.69, 9.17) is 0 Å². The van der Waals surface area contributed by atoms with E-state index in [9.17, 15) is 9.59 Å². The van der Waals surface area contributed by atoms with Gasteiger partial charge in [-0.15, -0.1) is 0 Å². The van der Waals surface area contributed by atoms with Crippen LogP contribution >= 0.6 is 21.6 Å². The Morgan fingerprint density at radius 1 is 1.29 bits per heavy atom. The molecule has 0 aliphatic heterocycles. The Morgan fingerprint density at radius 2 is 1.93 bits per heavy atom. The maximum absolute atomic E-state index is 10.7. The molecule has 14 heavy (non-hydrogen) atoms. The van der Waals surface area contributed by atoms with Crippen LogP contribution in [0.15, 0.2) is 12.7 Å². The molecule has 0 unspecified atom stereocenters. The third kappa shape index (κ3) is 9.47. The smallest absolute Gasteiger partial charge is 0.243 e. The summed E-state index contributed by atoms with van der Waals surface area (Å²) in [6.45, 7) is 4.67. The summed E-state index contributed by atoms with van der Waals surface area (Å²) in [5, 5.41) is 5.24. The minimum atomic E-state index is -0.141. The Hall–Kier alpha value is -0.620. The predicted octanol–water partition coefficient (Wildman–Crippen LogP) is 0.416. The van der Waals surface area contributed by atoms with Crippen LogP contribution in [0, 0.1) is 0 Å². The summed E-state index contributed by atoms with van der Waals surface area (Å²) in [5.74, 6) is 1.59. The molecule has 80 valence electrons. The van der Waals surface area contributed by atoms with Crippen molar-refractivity contribution in [2.75, 3.05) is 24.6 Å². The summed E-state index contributed by atoms with van der Waals surface area (Å²) in [6.07, 6.45) is 1.95. The van der Waals surface area contributed by atoms with Crippen molar-refractivity contribution in [1.82, 2.24) is 10.6 Å². The lowest BCUT2D eigenvalue weighted by Gasteiger charge is -2.01. The van der Waals surface area contributed by atoms with Crippen LogP contribution in [0.4, 0.5) is 0 Å². The molecule has 0 aromatic rings. The zero-order valence-corrected chi connectivity index (χ0v) is 9.46. The van der Waals surface area contributed by atoms with E-state index >= 15 is 0 Å². The molecule has 0 spiro atoms. The summed E-state index contributed by atoms with van der Waals surface area (Å²) in [7, 11) is 3.34. The SMILES string of the molecule is C=CC(=O)NCCSSCCNC=O. The molecule has 0 heterocycles. The number of nitrogens with one attached hydrogen (secondary N) is 2. The maximum atomic E-state index is 10.7. The third-order valence-corrected chi connectivity index (χ3v) is 3.57. The highest BCUT2D eigenvalue weighted by molar-refractivity contribution is 8.76. The van der Waals surface area contributed by atoms with Gasteiger partial charge in [0.1, 0.15) is 0 Å². The van der Waals surface area contributed by atoms with Gasteiger partial charge in [-0.2, -0.15) is 0 Å². The highest BCUT2D eigenvalue weighted by Gasteiger charge is 1.93. The van der Waals surface area contributed by atoms with E-state index < -0.39 is 0 Å². The van der Waals surface area contributed by atoms with Crippen LogP contribution in [0.2, 0.25) is 0 Å².